The molecule has 0 fully saturated rings. The number of ether oxygens (including phenoxy) is 1. The molecule has 1 N–H and O–H groups in total. The van der Waals surface area contributed by atoms with Gasteiger partial charge >= 0.3 is 0 Å². The molecule has 1 unspecified atom stereocenters. The van der Waals surface area contributed by atoms with E-state index in [1.807, 2.05) is 6.92 Å². The Bertz CT molecular complexity index is 39.8. The molecule has 0 amide bonds. The first-order chi connectivity index (χ1) is 3.81. The van der Waals surface area contributed by atoms with E-state index in [1.165, 1.54) is 0 Å². The summed E-state index contributed by atoms with van der Waals surface area (Å²) in [5.74, 6) is 0. The minimum absolute atomic E-state index is 0.150. The Hall–Kier alpha value is -0.0800. The fourth-order valence-corrected chi connectivity index (χ4v) is 0.466. The summed E-state index contributed by atoms with van der Waals surface area (Å²) < 4.78 is 5.01. The molecule has 0 aromatic rings. The highest BCUT2D eigenvalue weighted by Gasteiger charge is 1.96. The van der Waals surface area contributed by atoms with Crippen molar-refractivity contribution < 1.29 is 9.84 Å². The second-order valence-electron chi connectivity index (χ2n) is 1.69. The van der Waals surface area contributed by atoms with Crippen LogP contribution in [0.5, 0.6) is 0 Å². The highest BCUT2D eigenvalue weighted by molar-refractivity contribution is 4.47. The number of aliphatic hydroxyl groups is 1. The van der Waals surface area contributed by atoms with Gasteiger partial charge in [-0.05, 0) is 20.3 Å². The Balaban J connectivity index is 2.92. The number of hydrogen-bond donors (Lipinski definition) is 1. The first-order valence-corrected chi connectivity index (χ1v) is 2.83. The maximum absolute atomic E-state index is 8.36. The summed E-state index contributed by atoms with van der Waals surface area (Å²) in [5, 5.41) is 8.36. The fourth-order valence-electron chi connectivity index (χ4n) is 0.466. The average Bonchev–Trinajstić information content (AvgIpc) is 1.68. The maximum atomic E-state index is 8.36. The van der Waals surface area contributed by atoms with Crippen molar-refractivity contribution in [1.82, 2.24) is 0 Å². The smallest absolute Gasteiger partial charge is 0.0568 e. The van der Waals surface area contributed by atoms with Crippen LogP contribution in [0, 0.1) is 6.92 Å². The first-order valence-electron chi connectivity index (χ1n) is 2.83. The van der Waals surface area contributed by atoms with E-state index < -0.39 is 0 Å². The van der Waals surface area contributed by atoms with Gasteiger partial charge in [0.15, 0.2) is 0 Å². The quantitative estimate of drug-likeness (QED) is 0.584. The molecule has 0 spiro atoms. The van der Waals surface area contributed by atoms with Crippen molar-refractivity contribution in [2.45, 2.75) is 19.4 Å². The van der Waals surface area contributed by atoms with E-state index in [1.54, 1.807) is 0 Å². The van der Waals surface area contributed by atoms with Crippen molar-refractivity contribution in [3.63, 3.8) is 0 Å². The van der Waals surface area contributed by atoms with Crippen LogP contribution in [0.4, 0.5) is 0 Å². The topological polar surface area (TPSA) is 29.5 Å². The van der Waals surface area contributed by atoms with Gasteiger partial charge in [0.2, 0.25) is 0 Å². The molecule has 0 aromatic heterocycles. The van der Waals surface area contributed by atoms with Crippen LogP contribution in [0.1, 0.15) is 13.3 Å². The van der Waals surface area contributed by atoms with Crippen molar-refractivity contribution in [2.24, 2.45) is 0 Å². The predicted molar refractivity (Wildman–Crippen MR) is 32.5 cm³/mol. The molecule has 0 saturated carbocycles. The van der Waals surface area contributed by atoms with Gasteiger partial charge in [-0.15, -0.1) is 0 Å². The largest absolute Gasteiger partial charge is 0.396 e. The van der Waals surface area contributed by atoms with E-state index >= 15 is 0 Å². The van der Waals surface area contributed by atoms with Crippen LogP contribution < -0.4 is 0 Å². The van der Waals surface area contributed by atoms with Crippen molar-refractivity contribution >= 4 is 0 Å². The zero-order valence-corrected chi connectivity index (χ0v) is 5.26. The zero-order chi connectivity index (χ0) is 6.41. The summed E-state index contributed by atoms with van der Waals surface area (Å²) in [6.07, 6.45) is 0.854. The van der Waals surface area contributed by atoms with Gasteiger partial charge in [0.05, 0.1) is 6.10 Å². The van der Waals surface area contributed by atoms with Crippen LogP contribution in [-0.4, -0.2) is 24.4 Å². The van der Waals surface area contributed by atoms with Gasteiger partial charge in [-0.3, -0.25) is 0 Å². The number of rotatable bonds is 4. The van der Waals surface area contributed by atoms with Gasteiger partial charge in [-0.2, -0.15) is 0 Å². The lowest BCUT2D eigenvalue weighted by Crippen LogP contribution is -2.09. The lowest BCUT2D eigenvalue weighted by Gasteiger charge is -2.07. The van der Waals surface area contributed by atoms with Crippen LogP contribution in [-0.2, 0) is 4.74 Å². The number of aliphatic hydroxyl groups excluding tert-OH is 1. The monoisotopic (exact) mass is 117 g/mol. The third-order valence-corrected chi connectivity index (χ3v) is 0.938. The molecule has 0 heterocycles. The van der Waals surface area contributed by atoms with E-state index in [0.717, 1.165) is 0 Å². The molecule has 0 aromatic carbocycles. The molecule has 0 bridgehead atoms. The molecule has 49 valence electrons. The van der Waals surface area contributed by atoms with Crippen LogP contribution in [0.25, 0.3) is 0 Å². The average molecular weight is 117 g/mol. The van der Waals surface area contributed by atoms with Crippen LogP contribution in [0.15, 0.2) is 0 Å². The minimum atomic E-state index is 0.150. The van der Waals surface area contributed by atoms with Gasteiger partial charge in [0.1, 0.15) is 0 Å². The van der Waals surface area contributed by atoms with Crippen molar-refractivity contribution in [3.05, 3.63) is 6.92 Å². The summed E-state index contributed by atoms with van der Waals surface area (Å²) in [6.45, 7) is 6.10. The Kier molecular flexibility index (Phi) is 5.01. The lowest BCUT2D eigenvalue weighted by atomic mass is 10.3. The summed E-state index contributed by atoms with van der Waals surface area (Å²) in [4.78, 5) is 0. The fraction of sp³-hybridized carbons (Fsp3) is 0.833. The van der Waals surface area contributed by atoms with E-state index in [2.05, 4.69) is 6.92 Å². The van der Waals surface area contributed by atoms with Crippen LogP contribution in [0.2, 0.25) is 0 Å². The minimum Gasteiger partial charge on any atom is -0.396 e. The van der Waals surface area contributed by atoms with Gasteiger partial charge < -0.3 is 9.84 Å². The molecule has 2 heteroatoms. The van der Waals surface area contributed by atoms with E-state index in [-0.39, 0.29) is 12.7 Å². The lowest BCUT2D eigenvalue weighted by molar-refractivity contribution is 0.0660. The third kappa shape index (κ3) is 4.09. The predicted octanol–water partition coefficient (Wildman–Crippen LogP) is 0.608. The molecule has 0 aliphatic carbocycles. The Labute approximate surface area is 50.5 Å². The first kappa shape index (κ1) is 7.92. The van der Waals surface area contributed by atoms with Crippen molar-refractivity contribution in [2.75, 3.05) is 13.2 Å². The molecule has 0 rings (SSSR count). The zero-order valence-electron chi connectivity index (χ0n) is 5.26. The summed E-state index contributed by atoms with van der Waals surface area (Å²) in [6, 6.07) is 0. The van der Waals surface area contributed by atoms with Crippen LogP contribution in [0.3, 0.4) is 0 Å². The molecule has 1 radical (unpaired) electrons. The molecule has 0 aliphatic heterocycles. The van der Waals surface area contributed by atoms with E-state index in [9.17, 15) is 0 Å². The second kappa shape index (κ2) is 5.06. The highest BCUT2D eigenvalue weighted by Crippen LogP contribution is 1.93. The van der Waals surface area contributed by atoms with Gasteiger partial charge in [0, 0.05) is 13.2 Å². The summed E-state index contributed by atoms with van der Waals surface area (Å²) in [5.41, 5.74) is 0. The Morgan fingerprint density at radius 2 is 2.38 bits per heavy atom. The Morgan fingerprint density at radius 1 is 1.75 bits per heavy atom. The molecule has 2 nitrogen and oxygen atoms in total. The second-order valence-corrected chi connectivity index (χ2v) is 1.69. The Morgan fingerprint density at radius 3 is 2.75 bits per heavy atom. The third-order valence-electron chi connectivity index (χ3n) is 0.938. The molecule has 8 heavy (non-hydrogen) atoms. The SMILES string of the molecule is [CH2]COC(C)CCO. The number of hydrogen-bond acceptors (Lipinski definition) is 2. The van der Waals surface area contributed by atoms with E-state index in [4.69, 9.17) is 9.84 Å². The maximum Gasteiger partial charge on any atom is 0.0568 e. The highest BCUT2D eigenvalue weighted by atomic mass is 16.5. The molecule has 0 aliphatic rings. The summed E-state index contributed by atoms with van der Waals surface area (Å²) >= 11 is 0. The van der Waals surface area contributed by atoms with Gasteiger partial charge in [-0.25, -0.2) is 0 Å². The van der Waals surface area contributed by atoms with E-state index in [0.29, 0.717) is 13.0 Å². The molecule has 1 atom stereocenters. The molecular formula is C6H13O2. The molecular weight excluding hydrogens is 104 g/mol. The summed E-state index contributed by atoms with van der Waals surface area (Å²) in [7, 11) is 0. The van der Waals surface area contributed by atoms with Crippen LogP contribution >= 0.6 is 0 Å². The van der Waals surface area contributed by atoms with Gasteiger partial charge in [-0.1, -0.05) is 0 Å². The van der Waals surface area contributed by atoms with Gasteiger partial charge in [0.25, 0.3) is 0 Å². The van der Waals surface area contributed by atoms with Crippen molar-refractivity contribution in [3.8, 4) is 0 Å². The van der Waals surface area contributed by atoms with Crippen molar-refractivity contribution in [1.29, 1.82) is 0 Å². The standard InChI is InChI=1S/C6H13O2/c1-3-8-6(2)4-5-7/h6-7H,1,3-5H2,2H3. The normalized spacial score (nSPS) is 13.9. The molecule has 0 saturated heterocycles.